The maximum absolute atomic E-state index is 12.3. The molecule has 5 aromatic rings. The number of pyridine rings is 1. The van der Waals surface area contributed by atoms with E-state index in [1.807, 2.05) is 26.2 Å². The summed E-state index contributed by atoms with van der Waals surface area (Å²) in [6.07, 6.45) is 3.88. The van der Waals surface area contributed by atoms with Crippen molar-refractivity contribution in [3.05, 3.63) is 64.8 Å². The summed E-state index contributed by atoms with van der Waals surface area (Å²) in [4.78, 5) is 19.1. The summed E-state index contributed by atoms with van der Waals surface area (Å²) in [5.74, 6) is 0.498. The van der Waals surface area contributed by atoms with E-state index < -0.39 is 0 Å². The molecule has 0 N–H and O–H groups in total. The Balaban J connectivity index is 1.66. The van der Waals surface area contributed by atoms with Crippen molar-refractivity contribution in [2.45, 2.75) is 32.7 Å². The smallest absolute Gasteiger partial charge is 0.169 e. The van der Waals surface area contributed by atoms with Crippen LogP contribution in [0.5, 0.6) is 0 Å². The third-order valence-electron chi connectivity index (χ3n) is 7.06. The number of nitrogens with zero attached hydrogens (tertiary/aromatic N) is 5. The Morgan fingerprint density at radius 3 is 2.63 bits per heavy atom. The van der Waals surface area contributed by atoms with Gasteiger partial charge in [0.25, 0.3) is 0 Å². The van der Waals surface area contributed by atoms with Crippen LogP contribution in [-0.2, 0) is 11.8 Å². The van der Waals surface area contributed by atoms with Gasteiger partial charge in [-0.05, 0) is 50.3 Å². The predicted molar refractivity (Wildman–Crippen MR) is 138 cm³/mol. The quantitative estimate of drug-likeness (QED) is 0.304. The van der Waals surface area contributed by atoms with Crippen molar-refractivity contribution >= 4 is 38.4 Å². The van der Waals surface area contributed by atoms with E-state index in [1.165, 1.54) is 5.56 Å². The van der Waals surface area contributed by atoms with Gasteiger partial charge in [-0.1, -0.05) is 35.5 Å². The van der Waals surface area contributed by atoms with E-state index in [4.69, 9.17) is 9.72 Å². The fourth-order valence-corrected chi connectivity index (χ4v) is 6.54. The van der Waals surface area contributed by atoms with Crippen LogP contribution in [0.2, 0.25) is 0 Å². The highest BCUT2D eigenvalue weighted by atomic mass is 32.1. The second-order valence-electron chi connectivity index (χ2n) is 9.30. The lowest BCUT2D eigenvalue weighted by Gasteiger charge is -2.32. The zero-order chi connectivity index (χ0) is 24.1. The Kier molecular flexibility index (Phi) is 5.50. The lowest BCUT2D eigenvalue weighted by Crippen LogP contribution is -2.26. The molecule has 7 nitrogen and oxygen atoms in total. The summed E-state index contributed by atoms with van der Waals surface area (Å²) in [5, 5.41) is 9.48. The van der Waals surface area contributed by atoms with Crippen molar-refractivity contribution in [1.82, 2.24) is 24.5 Å². The van der Waals surface area contributed by atoms with E-state index in [9.17, 15) is 4.79 Å². The Labute approximate surface area is 207 Å². The summed E-state index contributed by atoms with van der Waals surface area (Å²) in [6, 6.07) is 15.0. The summed E-state index contributed by atoms with van der Waals surface area (Å²) in [7, 11) is 1.91. The van der Waals surface area contributed by atoms with Gasteiger partial charge in [0, 0.05) is 37.4 Å². The number of benzene rings is 1. The fourth-order valence-electron chi connectivity index (χ4n) is 5.43. The van der Waals surface area contributed by atoms with Crippen LogP contribution in [-0.4, -0.2) is 43.5 Å². The van der Waals surface area contributed by atoms with E-state index in [0.717, 1.165) is 69.1 Å². The van der Waals surface area contributed by atoms with Gasteiger partial charge in [0.15, 0.2) is 5.78 Å². The van der Waals surface area contributed by atoms with Crippen molar-refractivity contribution in [2.75, 3.05) is 13.2 Å². The molecule has 5 heterocycles. The first-order chi connectivity index (χ1) is 17.0. The van der Waals surface area contributed by atoms with Crippen LogP contribution in [0.4, 0.5) is 0 Å². The molecule has 1 aliphatic rings. The summed E-state index contributed by atoms with van der Waals surface area (Å²) < 4.78 is 9.96. The zero-order valence-corrected chi connectivity index (χ0v) is 20.9. The standard InChI is InChI=1S/C27H27N5O2S/c1-16-25(31(3)30-29-16)20-13-22-24(28-15-20)21-14-23(17(2)33)35-27(21)32(22)26(18-7-5-4-6-8-18)19-9-11-34-12-10-19/h4-8,13-15,19,26H,9-12H2,1-3H3. The van der Waals surface area contributed by atoms with Crippen LogP contribution in [0, 0.1) is 12.8 Å². The molecule has 1 aliphatic heterocycles. The van der Waals surface area contributed by atoms with E-state index in [1.54, 1.807) is 22.9 Å². The first kappa shape index (κ1) is 22.1. The van der Waals surface area contributed by atoms with Gasteiger partial charge in [-0.15, -0.1) is 16.4 Å². The third-order valence-corrected chi connectivity index (χ3v) is 8.30. The Hall–Kier alpha value is -3.36. The molecule has 0 bridgehead atoms. The molecular formula is C27H27N5O2S. The molecule has 1 aromatic carbocycles. The van der Waals surface area contributed by atoms with Crippen molar-refractivity contribution in [3.63, 3.8) is 0 Å². The Morgan fingerprint density at radius 2 is 1.94 bits per heavy atom. The number of rotatable bonds is 5. The highest BCUT2D eigenvalue weighted by Crippen LogP contribution is 2.43. The maximum Gasteiger partial charge on any atom is 0.169 e. The van der Waals surface area contributed by atoms with Crippen LogP contribution in [0.3, 0.4) is 0 Å². The number of aryl methyl sites for hydroxylation is 2. The topological polar surface area (TPSA) is 74.8 Å². The zero-order valence-electron chi connectivity index (χ0n) is 20.1. The number of fused-ring (bicyclic) bond motifs is 3. The molecule has 0 saturated carbocycles. The molecule has 0 spiro atoms. The fraction of sp³-hybridized carbons (Fsp3) is 0.333. The first-order valence-electron chi connectivity index (χ1n) is 12.0. The molecule has 6 rings (SSSR count). The minimum absolute atomic E-state index is 0.0847. The lowest BCUT2D eigenvalue weighted by molar-refractivity contribution is 0.0553. The molecule has 4 aromatic heterocycles. The van der Waals surface area contributed by atoms with Crippen LogP contribution in [0.1, 0.15) is 46.7 Å². The van der Waals surface area contributed by atoms with Crippen molar-refractivity contribution in [1.29, 1.82) is 0 Å². The molecule has 178 valence electrons. The number of ether oxygens (including phenoxy) is 1. The molecule has 0 aliphatic carbocycles. The van der Waals surface area contributed by atoms with E-state index >= 15 is 0 Å². The van der Waals surface area contributed by atoms with Gasteiger partial charge in [0.2, 0.25) is 0 Å². The Morgan fingerprint density at radius 1 is 1.17 bits per heavy atom. The van der Waals surface area contributed by atoms with Gasteiger partial charge in [-0.25, -0.2) is 4.68 Å². The van der Waals surface area contributed by atoms with Crippen molar-refractivity contribution < 1.29 is 9.53 Å². The minimum atomic E-state index is 0.0847. The molecule has 1 unspecified atom stereocenters. The highest BCUT2D eigenvalue weighted by molar-refractivity contribution is 7.20. The predicted octanol–water partition coefficient (Wildman–Crippen LogP) is 5.57. The molecule has 0 radical (unpaired) electrons. The summed E-state index contributed by atoms with van der Waals surface area (Å²) in [5.41, 5.74) is 6.08. The van der Waals surface area contributed by atoms with Crippen molar-refractivity contribution in [2.24, 2.45) is 13.0 Å². The molecule has 1 atom stereocenters. The monoisotopic (exact) mass is 485 g/mol. The average Bonchev–Trinajstić information content (AvgIpc) is 3.53. The molecule has 0 amide bonds. The van der Waals surface area contributed by atoms with Gasteiger partial charge in [0.05, 0.1) is 33.3 Å². The van der Waals surface area contributed by atoms with Crippen LogP contribution in [0.25, 0.3) is 32.5 Å². The molecule has 35 heavy (non-hydrogen) atoms. The number of carbonyl (C=O) groups excluding carboxylic acids is 1. The SMILES string of the molecule is CC(=O)c1cc2c3ncc(-c4c(C)nnn4C)cc3n(C(c3ccccc3)C3CCOCC3)c2s1. The van der Waals surface area contributed by atoms with E-state index in [-0.39, 0.29) is 11.8 Å². The van der Waals surface area contributed by atoms with Gasteiger partial charge in [-0.2, -0.15) is 0 Å². The number of carbonyl (C=O) groups is 1. The van der Waals surface area contributed by atoms with E-state index in [2.05, 4.69) is 51.3 Å². The third kappa shape index (κ3) is 3.68. The van der Waals surface area contributed by atoms with Crippen LogP contribution < -0.4 is 0 Å². The molecule has 1 fully saturated rings. The number of aromatic nitrogens is 5. The molecule has 8 heteroatoms. The number of hydrogen-bond donors (Lipinski definition) is 0. The maximum atomic E-state index is 12.3. The number of thiophene rings is 1. The van der Waals surface area contributed by atoms with Gasteiger partial charge in [0.1, 0.15) is 4.83 Å². The largest absolute Gasteiger partial charge is 0.381 e. The highest BCUT2D eigenvalue weighted by Gasteiger charge is 2.31. The molecular weight excluding hydrogens is 458 g/mol. The van der Waals surface area contributed by atoms with Crippen molar-refractivity contribution in [3.8, 4) is 11.3 Å². The normalized spacial score (nSPS) is 15.7. The Bertz CT molecular complexity index is 1520. The number of hydrogen-bond acceptors (Lipinski definition) is 6. The van der Waals surface area contributed by atoms with E-state index in [0.29, 0.717) is 5.92 Å². The number of Topliss-reactive ketones (excluding diaryl/α,β-unsaturated/α-hetero) is 1. The average molecular weight is 486 g/mol. The van der Waals surface area contributed by atoms with Crippen LogP contribution in [0.15, 0.2) is 48.7 Å². The first-order valence-corrected chi connectivity index (χ1v) is 12.8. The van der Waals surface area contributed by atoms with Gasteiger partial charge >= 0.3 is 0 Å². The molecule has 1 saturated heterocycles. The van der Waals surface area contributed by atoms with Gasteiger partial charge < -0.3 is 9.30 Å². The summed E-state index contributed by atoms with van der Waals surface area (Å²) >= 11 is 1.57. The van der Waals surface area contributed by atoms with Crippen LogP contribution >= 0.6 is 11.3 Å². The minimum Gasteiger partial charge on any atom is -0.381 e. The second-order valence-corrected chi connectivity index (χ2v) is 10.3. The lowest BCUT2D eigenvalue weighted by atomic mass is 9.86. The number of ketones is 1. The summed E-state index contributed by atoms with van der Waals surface area (Å²) in [6.45, 7) is 5.14. The second kappa shape index (κ2) is 8.70. The van der Waals surface area contributed by atoms with Gasteiger partial charge in [-0.3, -0.25) is 9.78 Å².